The van der Waals surface area contributed by atoms with Gasteiger partial charge in [-0.1, -0.05) is 0 Å². The van der Waals surface area contributed by atoms with Crippen LogP contribution in [0.2, 0.25) is 0 Å². The van der Waals surface area contributed by atoms with Crippen molar-refractivity contribution in [3.8, 4) is 0 Å². The monoisotopic (exact) mass is 246 g/mol. The molecule has 18 heavy (non-hydrogen) atoms. The van der Waals surface area contributed by atoms with Gasteiger partial charge < -0.3 is 11.1 Å². The Kier molecular flexibility index (Phi) is 3.67. The summed E-state index contributed by atoms with van der Waals surface area (Å²) in [7, 11) is 0. The first-order valence-electron chi connectivity index (χ1n) is 7.01. The van der Waals surface area contributed by atoms with E-state index in [2.05, 4.69) is 45.1 Å². The standard InChI is InChI=1S/C16H26N2/c1-11-9-15(10-12(2)13(11)3)18-14-5-7-16(4,17)8-6-14/h9-10,14,18H,5-8,17H2,1-4H3. The first kappa shape index (κ1) is 13.4. The molecular weight excluding hydrogens is 220 g/mol. The highest BCUT2D eigenvalue weighted by Crippen LogP contribution is 2.28. The van der Waals surface area contributed by atoms with Gasteiger partial charge in [-0.05, 0) is 82.2 Å². The summed E-state index contributed by atoms with van der Waals surface area (Å²) in [6, 6.07) is 5.11. The van der Waals surface area contributed by atoms with Crippen LogP contribution in [0.15, 0.2) is 12.1 Å². The Hall–Kier alpha value is -1.02. The van der Waals surface area contributed by atoms with Crippen molar-refractivity contribution < 1.29 is 0 Å². The summed E-state index contributed by atoms with van der Waals surface area (Å²) in [5.74, 6) is 0. The van der Waals surface area contributed by atoms with Crippen LogP contribution in [0.5, 0.6) is 0 Å². The summed E-state index contributed by atoms with van der Waals surface area (Å²) in [6.07, 6.45) is 4.60. The van der Waals surface area contributed by atoms with E-state index in [1.165, 1.54) is 35.2 Å². The van der Waals surface area contributed by atoms with Crippen LogP contribution in [0.25, 0.3) is 0 Å². The van der Waals surface area contributed by atoms with Gasteiger partial charge in [0.1, 0.15) is 0 Å². The van der Waals surface area contributed by atoms with Gasteiger partial charge in [0.15, 0.2) is 0 Å². The highest BCUT2D eigenvalue weighted by Gasteiger charge is 2.27. The van der Waals surface area contributed by atoms with E-state index in [0.717, 1.165) is 12.8 Å². The van der Waals surface area contributed by atoms with Crippen LogP contribution in [0, 0.1) is 20.8 Å². The molecule has 0 aliphatic heterocycles. The zero-order valence-electron chi connectivity index (χ0n) is 12.1. The molecule has 1 aliphatic rings. The van der Waals surface area contributed by atoms with Crippen molar-refractivity contribution in [2.45, 2.75) is 65.0 Å². The molecule has 1 aromatic rings. The van der Waals surface area contributed by atoms with E-state index in [0.29, 0.717) is 6.04 Å². The van der Waals surface area contributed by atoms with Gasteiger partial charge in [0.2, 0.25) is 0 Å². The van der Waals surface area contributed by atoms with Crippen molar-refractivity contribution in [3.63, 3.8) is 0 Å². The van der Waals surface area contributed by atoms with Gasteiger partial charge in [-0.2, -0.15) is 0 Å². The molecule has 0 atom stereocenters. The lowest BCUT2D eigenvalue weighted by Gasteiger charge is -2.35. The van der Waals surface area contributed by atoms with Crippen LogP contribution in [0.1, 0.15) is 49.3 Å². The number of benzene rings is 1. The van der Waals surface area contributed by atoms with Crippen molar-refractivity contribution in [1.29, 1.82) is 0 Å². The summed E-state index contributed by atoms with van der Waals surface area (Å²) < 4.78 is 0. The molecule has 2 rings (SSSR count). The number of rotatable bonds is 2. The molecule has 100 valence electrons. The normalized spacial score (nSPS) is 28.2. The van der Waals surface area contributed by atoms with Crippen molar-refractivity contribution >= 4 is 5.69 Å². The average molecular weight is 246 g/mol. The molecule has 0 bridgehead atoms. The predicted molar refractivity (Wildman–Crippen MR) is 79.1 cm³/mol. The molecule has 0 radical (unpaired) electrons. The zero-order chi connectivity index (χ0) is 13.3. The second kappa shape index (κ2) is 4.93. The Morgan fingerprint density at radius 1 is 1.11 bits per heavy atom. The lowest BCUT2D eigenvalue weighted by atomic mass is 9.81. The van der Waals surface area contributed by atoms with Gasteiger partial charge in [0.25, 0.3) is 0 Å². The first-order chi connectivity index (χ1) is 8.37. The maximum absolute atomic E-state index is 6.17. The molecule has 1 aliphatic carbocycles. The summed E-state index contributed by atoms with van der Waals surface area (Å²) in [5.41, 5.74) is 11.6. The van der Waals surface area contributed by atoms with E-state index in [9.17, 15) is 0 Å². The zero-order valence-corrected chi connectivity index (χ0v) is 12.1. The molecule has 0 aromatic heterocycles. The van der Waals surface area contributed by atoms with Crippen LogP contribution in [0.4, 0.5) is 5.69 Å². The summed E-state index contributed by atoms with van der Waals surface area (Å²) in [4.78, 5) is 0. The fraction of sp³-hybridized carbons (Fsp3) is 0.625. The van der Waals surface area contributed by atoms with Crippen LogP contribution >= 0.6 is 0 Å². The molecule has 0 saturated heterocycles. The third-order valence-electron chi connectivity index (χ3n) is 4.43. The average Bonchev–Trinajstić information content (AvgIpc) is 2.29. The molecule has 3 N–H and O–H groups in total. The van der Waals surface area contributed by atoms with Crippen molar-refractivity contribution in [2.75, 3.05) is 5.32 Å². The third kappa shape index (κ3) is 3.05. The summed E-state index contributed by atoms with van der Waals surface area (Å²) in [6.45, 7) is 8.73. The molecule has 0 amide bonds. The van der Waals surface area contributed by atoms with Gasteiger partial charge >= 0.3 is 0 Å². The maximum Gasteiger partial charge on any atom is 0.0347 e. The molecule has 0 heterocycles. The minimum atomic E-state index is 0.0529. The van der Waals surface area contributed by atoms with E-state index in [1.807, 2.05) is 0 Å². The fourth-order valence-corrected chi connectivity index (χ4v) is 2.78. The second-order valence-corrected chi connectivity index (χ2v) is 6.31. The predicted octanol–water partition coefficient (Wildman–Crippen LogP) is 3.68. The second-order valence-electron chi connectivity index (χ2n) is 6.31. The molecular formula is C16H26N2. The number of nitrogens with two attached hydrogens (primary N) is 1. The lowest BCUT2D eigenvalue weighted by molar-refractivity contribution is 0.305. The van der Waals surface area contributed by atoms with Crippen LogP contribution < -0.4 is 11.1 Å². The maximum atomic E-state index is 6.17. The Labute approximate surface area is 111 Å². The first-order valence-corrected chi connectivity index (χ1v) is 7.01. The van der Waals surface area contributed by atoms with Crippen molar-refractivity contribution in [3.05, 3.63) is 28.8 Å². The molecule has 2 nitrogen and oxygen atoms in total. The van der Waals surface area contributed by atoms with Gasteiger partial charge in [0, 0.05) is 17.3 Å². The van der Waals surface area contributed by atoms with E-state index in [4.69, 9.17) is 5.73 Å². The number of aryl methyl sites for hydroxylation is 2. The molecule has 0 unspecified atom stereocenters. The van der Waals surface area contributed by atoms with Crippen molar-refractivity contribution in [1.82, 2.24) is 0 Å². The van der Waals surface area contributed by atoms with Gasteiger partial charge in [-0.3, -0.25) is 0 Å². The number of hydrogen-bond acceptors (Lipinski definition) is 2. The van der Waals surface area contributed by atoms with Crippen LogP contribution in [-0.4, -0.2) is 11.6 Å². The third-order valence-corrected chi connectivity index (χ3v) is 4.43. The number of nitrogens with one attached hydrogen (secondary N) is 1. The van der Waals surface area contributed by atoms with Crippen LogP contribution in [0.3, 0.4) is 0 Å². The van der Waals surface area contributed by atoms with Gasteiger partial charge in [-0.25, -0.2) is 0 Å². The lowest BCUT2D eigenvalue weighted by Crippen LogP contribution is -2.42. The fourth-order valence-electron chi connectivity index (χ4n) is 2.78. The summed E-state index contributed by atoms with van der Waals surface area (Å²) in [5, 5.41) is 3.67. The molecule has 1 saturated carbocycles. The molecule has 0 spiro atoms. The highest BCUT2D eigenvalue weighted by atomic mass is 14.9. The minimum Gasteiger partial charge on any atom is -0.382 e. The largest absolute Gasteiger partial charge is 0.382 e. The quantitative estimate of drug-likeness (QED) is 0.835. The molecule has 1 fully saturated rings. The van der Waals surface area contributed by atoms with E-state index < -0.39 is 0 Å². The Bertz CT molecular complexity index is 402. The van der Waals surface area contributed by atoms with Gasteiger partial charge in [0.05, 0.1) is 0 Å². The van der Waals surface area contributed by atoms with Gasteiger partial charge in [-0.15, -0.1) is 0 Å². The Morgan fingerprint density at radius 3 is 2.11 bits per heavy atom. The highest BCUT2D eigenvalue weighted by molar-refractivity contribution is 5.52. The van der Waals surface area contributed by atoms with E-state index in [1.54, 1.807) is 0 Å². The summed E-state index contributed by atoms with van der Waals surface area (Å²) >= 11 is 0. The Morgan fingerprint density at radius 2 is 1.61 bits per heavy atom. The SMILES string of the molecule is Cc1cc(NC2CCC(C)(N)CC2)cc(C)c1C. The minimum absolute atomic E-state index is 0.0529. The number of anilines is 1. The van der Waals surface area contributed by atoms with E-state index >= 15 is 0 Å². The van der Waals surface area contributed by atoms with Crippen LogP contribution in [-0.2, 0) is 0 Å². The topological polar surface area (TPSA) is 38.0 Å². The molecule has 1 aromatic carbocycles. The Balaban J connectivity index is 2.03. The van der Waals surface area contributed by atoms with E-state index in [-0.39, 0.29) is 5.54 Å². The smallest absolute Gasteiger partial charge is 0.0347 e. The molecule has 2 heteroatoms. The number of hydrogen-bond donors (Lipinski definition) is 2. The van der Waals surface area contributed by atoms with Crippen molar-refractivity contribution in [2.24, 2.45) is 5.73 Å².